The summed E-state index contributed by atoms with van der Waals surface area (Å²) in [5, 5.41) is 8.13. The van der Waals surface area contributed by atoms with E-state index in [0.29, 0.717) is 12.3 Å². The number of rotatable bonds is 4. The zero-order chi connectivity index (χ0) is 12.9. The van der Waals surface area contributed by atoms with Crippen LogP contribution in [0.5, 0.6) is 0 Å². The van der Waals surface area contributed by atoms with Crippen LogP contribution in [0.4, 0.5) is 5.69 Å². The van der Waals surface area contributed by atoms with E-state index in [-0.39, 0.29) is 0 Å². The second-order valence-electron chi connectivity index (χ2n) is 3.78. The van der Waals surface area contributed by atoms with Crippen LogP contribution >= 0.6 is 0 Å². The predicted octanol–water partition coefficient (Wildman–Crippen LogP) is 3.61. The van der Waals surface area contributed by atoms with Gasteiger partial charge in [0.05, 0.1) is 18.1 Å². The fourth-order valence-electron chi connectivity index (χ4n) is 1.56. The lowest BCUT2D eigenvalue weighted by molar-refractivity contribution is 0.503. The molecule has 19 heavy (non-hydrogen) atoms. The molecule has 1 aromatic carbocycles. The van der Waals surface area contributed by atoms with Gasteiger partial charge in [-0.05, 0) is 24.3 Å². The highest BCUT2D eigenvalue weighted by atomic mass is 16.3. The van der Waals surface area contributed by atoms with E-state index < -0.39 is 0 Å². The van der Waals surface area contributed by atoms with Gasteiger partial charge >= 0.3 is 0 Å². The molecule has 0 amide bonds. The summed E-state index contributed by atoms with van der Waals surface area (Å²) in [5.74, 6) is 1.41. The number of benzene rings is 1. The Labute approximate surface area is 108 Å². The van der Waals surface area contributed by atoms with Gasteiger partial charge in [-0.25, -0.2) is 9.97 Å². The van der Waals surface area contributed by atoms with Gasteiger partial charge < -0.3 is 8.83 Å². The third kappa shape index (κ3) is 2.74. The molecule has 0 bridgehead atoms. The van der Waals surface area contributed by atoms with E-state index in [1.54, 1.807) is 12.4 Å². The number of hydrogen-bond donors (Lipinski definition) is 0. The van der Waals surface area contributed by atoms with Crippen molar-refractivity contribution in [2.45, 2.75) is 6.54 Å². The third-order valence-electron chi connectivity index (χ3n) is 2.48. The Bertz CT molecular complexity index is 643. The van der Waals surface area contributed by atoms with E-state index >= 15 is 0 Å². The van der Waals surface area contributed by atoms with Crippen molar-refractivity contribution in [2.24, 2.45) is 10.2 Å². The molecule has 6 nitrogen and oxygen atoms in total. The molecule has 0 aliphatic heterocycles. The minimum atomic E-state index is 0.379. The Morgan fingerprint density at radius 3 is 2.42 bits per heavy atom. The van der Waals surface area contributed by atoms with Crippen LogP contribution in [0.2, 0.25) is 0 Å². The van der Waals surface area contributed by atoms with Crippen LogP contribution < -0.4 is 0 Å². The zero-order valence-corrected chi connectivity index (χ0v) is 9.93. The van der Waals surface area contributed by atoms with Crippen LogP contribution in [0.3, 0.4) is 0 Å². The molecular formula is C13H10N4O2. The van der Waals surface area contributed by atoms with Gasteiger partial charge in [-0.3, -0.25) is 0 Å². The van der Waals surface area contributed by atoms with Crippen molar-refractivity contribution in [1.29, 1.82) is 0 Å². The minimum Gasteiger partial charge on any atom is -0.446 e. The second-order valence-corrected chi connectivity index (χ2v) is 3.78. The lowest BCUT2D eigenvalue weighted by Crippen LogP contribution is -1.74. The molecule has 3 aromatic rings. The first kappa shape index (κ1) is 11.3. The molecule has 0 aliphatic carbocycles. The third-order valence-corrected chi connectivity index (χ3v) is 2.48. The number of oxazole rings is 2. The number of aromatic nitrogens is 2. The maximum Gasteiger partial charge on any atom is 0.181 e. The quantitative estimate of drug-likeness (QED) is 0.666. The molecule has 0 saturated heterocycles. The van der Waals surface area contributed by atoms with Gasteiger partial charge in [0.25, 0.3) is 0 Å². The van der Waals surface area contributed by atoms with Crippen LogP contribution in [0, 0.1) is 0 Å². The van der Waals surface area contributed by atoms with Crippen molar-refractivity contribution >= 4 is 5.69 Å². The summed E-state index contributed by atoms with van der Waals surface area (Å²) in [7, 11) is 0. The van der Waals surface area contributed by atoms with Gasteiger partial charge in [0.15, 0.2) is 18.5 Å². The van der Waals surface area contributed by atoms with E-state index in [1.165, 1.54) is 12.8 Å². The maximum absolute atomic E-state index is 5.21. The van der Waals surface area contributed by atoms with E-state index in [1.807, 2.05) is 24.3 Å². The summed E-state index contributed by atoms with van der Waals surface area (Å²) in [6, 6.07) is 7.54. The summed E-state index contributed by atoms with van der Waals surface area (Å²) in [4.78, 5) is 7.68. The molecule has 0 atom stereocenters. The van der Waals surface area contributed by atoms with Crippen LogP contribution in [-0.4, -0.2) is 9.97 Å². The standard InChI is InChI=1S/C13H10N4O2/c1-3-11(17-16-6-12-5-14-8-18-12)4-2-10(1)13-7-15-9-19-13/h1-5,7-9H,6H2. The summed E-state index contributed by atoms with van der Waals surface area (Å²) in [6.45, 7) is 0.379. The van der Waals surface area contributed by atoms with Crippen LogP contribution in [0.1, 0.15) is 5.76 Å². The van der Waals surface area contributed by atoms with Gasteiger partial charge in [0.2, 0.25) is 0 Å². The predicted molar refractivity (Wildman–Crippen MR) is 66.7 cm³/mol. The molecule has 0 saturated carbocycles. The molecule has 0 aliphatic rings. The molecular weight excluding hydrogens is 244 g/mol. The highest BCUT2D eigenvalue weighted by Crippen LogP contribution is 2.22. The molecule has 0 fully saturated rings. The fraction of sp³-hybridized carbons (Fsp3) is 0.0769. The van der Waals surface area contributed by atoms with E-state index in [2.05, 4.69) is 20.2 Å². The second kappa shape index (κ2) is 5.26. The molecule has 0 spiro atoms. The van der Waals surface area contributed by atoms with E-state index in [4.69, 9.17) is 8.83 Å². The van der Waals surface area contributed by atoms with Crippen LogP contribution in [-0.2, 0) is 6.54 Å². The van der Waals surface area contributed by atoms with Crippen LogP contribution in [0.15, 0.2) is 68.5 Å². The largest absolute Gasteiger partial charge is 0.446 e. The van der Waals surface area contributed by atoms with E-state index in [0.717, 1.165) is 17.0 Å². The highest BCUT2D eigenvalue weighted by molar-refractivity contribution is 5.59. The SMILES string of the molecule is c1ncc(CN=Nc2ccc(-c3cnco3)cc2)o1. The van der Waals surface area contributed by atoms with Crippen molar-refractivity contribution in [3.8, 4) is 11.3 Å². The average Bonchev–Trinajstić information content (AvgIpc) is 3.13. The van der Waals surface area contributed by atoms with Crippen molar-refractivity contribution in [3.05, 3.63) is 55.2 Å². The van der Waals surface area contributed by atoms with Gasteiger partial charge in [-0.15, -0.1) is 0 Å². The van der Waals surface area contributed by atoms with Gasteiger partial charge in [-0.2, -0.15) is 10.2 Å². The molecule has 3 rings (SSSR count). The lowest BCUT2D eigenvalue weighted by Gasteiger charge is -1.96. The monoisotopic (exact) mass is 254 g/mol. The number of hydrogen-bond acceptors (Lipinski definition) is 6. The van der Waals surface area contributed by atoms with Crippen LogP contribution in [0.25, 0.3) is 11.3 Å². The Kier molecular flexibility index (Phi) is 3.14. The van der Waals surface area contributed by atoms with Gasteiger partial charge in [0.1, 0.15) is 12.3 Å². The minimum absolute atomic E-state index is 0.379. The van der Waals surface area contributed by atoms with Crippen molar-refractivity contribution in [2.75, 3.05) is 0 Å². The number of azo groups is 1. The lowest BCUT2D eigenvalue weighted by atomic mass is 10.2. The van der Waals surface area contributed by atoms with Gasteiger partial charge in [0, 0.05) is 5.56 Å². The first-order chi connectivity index (χ1) is 9.42. The molecule has 0 radical (unpaired) electrons. The normalized spacial score (nSPS) is 11.2. The summed E-state index contributed by atoms with van der Waals surface area (Å²) < 4.78 is 10.3. The summed E-state index contributed by atoms with van der Waals surface area (Å²) >= 11 is 0. The first-order valence-electron chi connectivity index (χ1n) is 5.65. The van der Waals surface area contributed by atoms with Crippen molar-refractivity contribution < 1.29 is 8.83 Å². The molecule has 94 valence electrons. The van der Waals surface area contributed by atoms with Crippen molar-refractivity contribution in [3.63, 3.8) is 0 Å². The fourth-order valence-corrected chi connectivity index (χ4v) is 1.56. The summed E-state index contributed by atoms with van der Waals surface area (Å²) in [6.07, 6.45) is 6.06. The molecule has 2 aromatic heterocycles. The Morgan fingerprint density at radius 1 is 0.947 bits per heavy atom. The molecule has 2 heterocycles. The number of nitrogens with zero attached hydrogens (tertiary/aromatic N) is 4. The average molecular weight is 254 g/mol. The Morgan fingerprint density at radius 2 is 1.74 bits per heavy atom. The summed E-state index contributed by atoms with van der Waals surface area (Å²) in [5.41, 5.74) is 1.72. The molecule has 6 heteroatoms. The first-order valence-corrected chi connectivity index (χ1v) is 5.65. The molecule has 0 unspecified atom stereocenters. The van der Waals surface area contributed by atoms with E-state index in [9.17, 15) is 0 Å². The maximum atomic E-state index is 5.21. The highest BCUT2D eigenvalue weighted by Gasteiger charge is 2.00. The Balaban J connectivity index is 1.67. The topological polar surface area (TPSA) is 76.8 Å². The van der Waals surface area contributed by atoms with Crippen molar-refractivity contribution in [1.82, 2.24) is 9.97 Å². The zero-order valence-electron chi connectivity index (χ0n) is 9.93. The Hall–Kier alpha value is -2.76. The smallest absolute Gasteiger partial charge is 0.181 e. The molecule has 0 N–H and O–H groups in total. The van der Waals surface area contributed by atoms with Gasteiger partial charge in [-0.1, -0.05) is 0 Å².